The second kappa shape index (κ2) is 7.43. The molecule has 2 aromatic carbocycles. The van der Waals surface area contributed by atoms with E-state index >= 15 is 0 Å². The Morgan fingerprint density at radius 3 is 1.89 bits per heavy atom. The Bertz CT molecular complexity index is 937. The Morgan fingerprint density at radius 1 is 0.926 bits per heavy atom. The summed E-state index contributed by atoms with van der Waals surface area (Å²) in [4.78, 5) is 43.1. The molecule has 2 aromatic rings. The molecule has 1 N–H and O–H groups in total. The zero-order chi connectivity index (χ0) is 20.3. The van der Waals surface area contributed by atoms with Crippen molar-refractivity contribution >= 4 is 28.7 Å². The number of nitro benzene ring substituents is 3. The summed E-state index contributed by atoms with van der Waals surface area (Å²) in [6.45, 7) is 1.50. The molecule has 0 aliphatic heterocycles. The number of benzene rings is 2. The van der Waals surface area contributed by atoms with Gasteiger partial charge in [0.25, 0.3) is 17.3 Å². The SMILES string of the molecule is COc1c([N+](=O)[O-])cc(NC(=O)c2ccc(C)c([N+](=O)[O-])c2)cc1[N+](=O)[O-]. The normalized spacial score (nSPS) is 10.1. The van der Waals surface area contributed by atoms with Crippen LogP contribution >= 0.6 is 0 Å². The summed E-state index contributed by atoms with van der Waals surface area (Å²) in [5.41, 5.74) is -1.69. The van der Waals surface area contributed by atoms with Gasteiger partial charge in [-0.05, 0) is 13.0 Å². The molecule has 0 aromatic heterocycles. The number of methoxy groups -OCH3 is 1. The van der Waals surface area contributed by atoms with Crippen LogP contribution in [0.25, 0.3) is 0 Å². The standard InChI is InChI=1S/C15H12N4O8/c1-8-3-4-9(5-11(8)17(21)22)15(20)16-10-6-12(18(23)24)14(27-2)13(7-10)19(25)26/h3-7H,1-2H3,(H,16,20). The molecule has 0 aliphatic carbocycles. The van der Waals surface area contributed by atoms with E-state index in [-0.39, 0.29) is 16.9 Å². The van der Waals surface area contributed by atoms with Gasteiger partial charge in [-0.15, -0.1) is 0 Å². The van der Waals surface area contributed by atoms with Crippen molar-refractivity contribution in [3.63, 3.8) is 0 Å². The third-order valence-electron chi connectivity index (χ3n) is 3.57. The lowest BCUT2D eigenvalue weighted by molar-refractivity contribution is -0.395. The van der Waals surface area contributed by atoms with Crippen LogP contribution in [-0.4, -0.2) is 27.8 Å². The highest BCUT2D eigenvalue weighted by Gasteiger charge is 2.28. The molecule has 0 saturated carbocycles. The topological polar surface area (TPSA) is 168 Å². The first-order valence-corrected chi connectivity index (χ1v) is 7.23. The van der Waals surface area contributed by atoms with E-state index in [1.165, 1.54) is 19.1 Å². The van der Waals surface area contributed by atoms with Gasteiger partial charge in [0, 0.05) is 29.3 Å². The molecule has 12 nitrogen and oxygen atoms in total. The fourth-order valence-corrected chi connectivity index (χ4v) is 2.30. The Morgan fingerprint density at radius 2 is 1.44 bits per heavy atom. The number of aryl methyl sites for hydroxylation is 1. The van der Waals surface area contributed by atoms with Gasteiger partial charge in [-0.2, -0.15) is 0 Å². The molecule has 0 fully saturated rings. The average Bonchev–Trinajstić information content (AvgIpc) is 2.60. The van der Waals surface area contributed by atoms with E-state index in [1.54, 1.807) is 0 Å². The molecule has 0 radical (unpaired) electrons. The minimum Gasteiger partial charge on any atom is -0.485 e. The predicted octanol–water partition coefficient (Wildman–Crippen LogP) is 2.98. The van der Waals surface area contributed by atoms with Crippen LogP contribution in [0.4, 0.5) is 22.7 Å². The summed E-state index contributed by atoms with van der Waals surface area (Å²) >= 11 is 0. The van der Waals surface area contributed by atoms with Gasteiger partial charge in [-0.1, -0.05) is 6.07 Å². The van der Waals surface area contributed by atoms with Gasteiger partial charge in [-0.25, -0.2) is 0 Å². The highest BCUT2D eigenvalue weighted by molar-refractivity contribution is 6.05. The zero-order valence-electron chi connectivity index (χ0n) is 14.0. The van der Waals surface area contributed by atoms with Crippen LogP contribution in [0.3, 0.4) is 0 Å². The number of carbonyl (C=O) groups is 1. The Balaban J connectivity index is 2.46. The van der Waals surface area contributed by atoms with Crippen LogP contribution < -0.4 is 10.1 Å². The van der Waals surface area contributed by atoms with Gasteiger partial charge in [0.2, 0.25) is 0 Å². The second-order valence-corrected chi connectivity index (χ2v) is 5.27. The number of hydrogen-bond acceptors (Lipinski definition) is 8. The summed E-state index contributed by atoms with van der Waals surface area (Å²) in [5.74, 6) is -1.39. The summed E-state index contributed by atoms with van der Waals surface area (Å²) in [6.07, 6.45) is 0. The molecule has 140 valence electrons. The molecular formula is C15H12N4O8. The summed E-state index contributed by atoms with van der Waals surface area (Å²) in [5, 5.41) is 35.5. The van der Waals surface area contributed by atoms with Crippen molar-refractivity contribution in [2.45, 2.75) is 6.92 Å². The van der Waals surface area contributed by atoms with Gasteiger partial charge in [0.15, 0.2) is 0 Å². The van der Waals surface area contributed by atoms with E-state index < -0.39 is 37.8 Å². The summed E-state index contributed by atoms with van der Waals surface area (Å²) < 4.78 is 4.73. The lowest BCUT2D eigenvalue weighted by atomic mass is 10.1. The number of anilines is 1. The van der Waals surface area contributed by atoms with Crippen molar-refractivity contribution in [2.75, 3.05) is 12.4 Å². The van der Waals surface area contributed by atoms with Gasteiger partial charge in [0.1, 0.15) is 0 Å². The number of rotatable bonds is 6. The number of amides is 1. The van der Waals surface area contributed by atoms with Crippen LogP contribution in [0.5, 0.6) is 5.75 Å². The van der Waals surface area contributed by atoms with Gasteiger partial charge in [0.05, 0.1) is 27.6 Å². The van der Waals surface area contributed by atoms with Crippen molar-refractivity contribution in [1.82, 2.24) is 0 Å². The maximum atomic E-state index is 12.3. The smallest absolute Gasteiger partial charge is 0.320 e. The fourth-order valence-electron chi connectivity index (χ4n) is 2.30. The van der Waals surface area contributed by atoms with Crippen molar-refractivity contribution in [3.8, 4) is 5.75 Å². The first-order chi connectivity index (χ1) is 12.6. The monoisotopic (exact) mass is 376 g/mol. The van der Waals surface area contributed by atoms with Crippen LogP contribution in [0, 0.1) is 37.3 Å². The predicted molar refractivity (Wildman–Crippen MR) is 92.1 cm³/mol. The molecule has 0 unspecified atom stereocenters. The molecule has 1 amide bonds. The minimum atomic E-state index is -0.891. The van der Waals surface area contributed by atoms with Crippen LogP contribution in [0.1, 0.15) is 15.9 Å². The van der Waals surface area contributed by atoms with E-state index in [4.69, 9.17) is 4.74 Å². The van der Waals surface area contributed by atoms with Crippen molar-refractivity contribution in [1.29, 1.82) is 0 Å². The van der Waals surface area contributed by atoms with E-state index in [0.29, 0.717) is 5.56 Å². The fraction of sp³-hybridized carbons (Fsp3) is 0.133. The maximum absolute atomic E-state index is 12.3. The van der Waals surface area contributed by atoms with Gasteiger partial charge >= 0.3 is 11.4 Å². The van der Waals surface area contributed by atoms with E-state index in [9.17, 15) is 35.1 Å². The number of nitrogens with zero attached hydrogens (tertiary/aromatic N) is 3. The average molecular weight is 376 g/mol. The Kier molecular flexibility index (Phi) is 5.29. The second-order valence-electron chi connectivity index (χ2n) is 5.27. The first kappa shape index (κ1) is 19.2. The number of hydrogen-bond donors (Lipinski definition) is 1. The van der Waals surface area contributed by atoms with Gasteiger partial charge < -0.3 is 10.1 Å². The van der Waals surface area contributed by atoms with E-state index in [1.807, 2.05) is 0 Å². The minimum absolute atomic E-state index is 0.0894. The zero-order valence-corrected chi connectivity index (χ0v) is 14.0. The highest BCUT2D eigenvalue weighted by atomic mass is 16.6. The van der Waals surface area contributed by atoms with Crippen LogP contribution in [-0.2, 0) is 0 Å². The molecule has 2 rings (SSSR count). The largest absolute Gasteiger partial charge is 0.485 e. The summed E-state index contributed by atoms with van der Waals surface area (Å²) in [7, 11) is 1.04. The third kappa shape index (κ3) is 3.95. The van der Waals surface area contributed by atoms with Crippen molar-refractivity contribution in [2.24, 2.45) is 0 Å². The number of nitrogens with one attached hydrogen (secondary N) is 1. The Labute approximate surface area is 150 Å². The maximum Gasteiger partial charge on any atom is 0.320 e. The third-order valence-corrected chi connectivity index (χ3v) is 3.57. The molecule has 12 heteroatoms. The molecule has 0 saturated heterocycles. The molecule has 0 aliphatic rings. The lowest BCUT2D eigenvalue weighted by Gasteiger charge is -2.08. The summed E-state index contributed by atoms with van der Waals surface area (Å²) in [6, 6.07) is 5.52. The molecule has 0 atom stereocenters. The molecule has 0 spiro atoms. The van der Waals surface area contributed by atoms with Gasteiger partial charge in [-0.3, -0.25) is 35.1 Å². The Hall–Kier alpha value is -4.09. The number of carbonyl (C=O) groups excluding carboxylic acids is 1. The molecular weight excluding hydrogens is 364 g/mol. The molecule has 0 heterocycles. The molecule has 27 heavy (non-hydrogen) atoms. The van der Waals surface area contributed by atoms with E-state index in [2.05, 4.69) is 5.32 Å². The van der Waals surface area contributed by atoms with Crippen LogP contribution in [0.15, 0.2) is 30.3 Å². The first-order valence-electron chi connectivity index (χ1n) is 7.23. The van der Waals surface area contributed by atoms with E-state index in [0.717, 1.165) is 25.3 Å². The number of nitro groups is 3. The highest BCUT2D eigenvalue weighted by Crippen LogP contribution is 2.39. The van der Waals surface area contributed by atoms with Crippen molar-refractivity contribution in [3.05, 3.63) is 71.8 Å². The number of ether oxygens (including phenoxy) is 1. The van der Waals surface area contributed by atoms with Crippen LogP contribution in [0.2, 0.25) is 0 Å². The van der Waals surface area contributed by atoms with Crippen molar-refractivity contribution < 1.29 is 24.3 Å². The molecule has 0 bridgehead atoms. The lowest BCUT2D eigenvalue weighted by Crippen LogP contribution is -2.13. The quantitative estimate of drug-likeness (QED) is 0.592.